The summed E-state index contributed by atoms with van der Waals surface area (Å²) in [5.74, 6) is -1.01. The first kappa shape index (κ1) is 19.7. The van der Waals surface area contributed by atoms with E-state index in [0.29, 0.717) is 18.7 Å². The minimum atomic E-state index is -0.963. The van der Waals surface area contributed by atoms with Gasteiger partial charge in [-0.1, -0.05) is 31.9 Å². The summed E-state index contributed by atoms with van der Waals surface area (Å²) >= 11 is 6.23. The first-order valence-electron chi connectivity index (χ1n) is 9.41. The van der Waals surface area contributed by atoms with Gasteiger partial charge in [-0.15, -0.1) is 0 Å². The van der Waals surface area contributed by atoms with Gasteiger partial charge in [0.05, 0.1) is 10.6 Å². The molecule has 1 aromatic carbocycles. The van der Waals surface area contributed by atoms with E-state index >= 15 is 0 Å². The van der Waals surface area contributed by atoms with Crippen LogP contribution in [-0.2, 0) is 9.59 Å². The molecule has 1 heterocycles. The van der Waals surface area contributed by atoms with Gasteiger partial charge in [0.25, 0.3) is 5.91 Å². The third kappa shape index (κ3) is 4.10. The van der Waals surface area contributed by atoms with Gasteiger partial charge < -0.3 is 15.3 Å². The summed E-state index contributed by atoms with van der Waals surface area (Å²) in [6.07, 6.45) is 3.18. The van der Waals surface area contributed by atoms with Crippen molar-refractivity contribution in [3.8, 4) is 0 Å². The fraction of sp³-hybridized carbons (Fsp3) is 0.550. The Balaban J connectivity index is 1.82. The van der Waals surface area contributed by atoms with Gasteiger partial charge in [-0.05, 0) is 48.8 Å². The number of carbonyl (C=O) groups excluding carboxylic acids is 2. The van der Waals surface area contributed by atoms with Crippen LogP contribution in [0.3, 0.4) is 0 Å². The number of hydrogen-bond acceptors (Lipinski definition) is 3. The summed E-state index contributed by atoms with van der Waals surface area (Å²) in [5.41, 5.74) is 0.713. The lowest BCUT2D eigenvalue weighted by Crippen LogP contribution is -2.43. The number of anilines is 1. The highest BCUT2D eigenvalue weighted by Gasteiger charge is 2.49. The molecule has 0 radical (unpaired) electrons. The van der Waals surface area contributed by atoms with Gasteiger partial charge in [0, 0.05) is 18.7 Å². The summed E-state index contributed by atoms with van der Waals surface area (Å²) < 4.78 is 0. The van der Waals surface area contributed by atoms with Gasteiger partial charge in [-0.3, -0.25) is 9.59 Å². The Hall–Kier alpha value is -2.08. The van der Waals surface area contributed by atoms with E-state index in [4.69, 9.17) is 11.6 Å². The maximum atomic E-state index is 13.1. The molecular formula is C20H25ClN2O4. The van der Waals surface area contributed by atoms with Crippen molar-refractivity contribution >= 4 is 35.1 Å². The van der Waals surface area contributed by atoms with Crippen molar-refractivity contribution in [1.29, 1.82) is 0 Å². The third-order valence-corrected chi connectivity index (χ3v) is 5.81. The lowest BCUT2D eigenvalue weighted by molar-refractivity contribution is -0.142. The van der Waals surface area contributed by atoms with E-state index in [1.807, 2.05) is 13.8 Å². The van der Waals surface area contributed by atoms with Crippen LogP contribution in [0.4, 0.5) is 5.69 Å². The molecule has 3 rings (SSSR count). The Kier molecular flexibility index (Phi) is 5.75. The van der Waals surface area contributed by atoms with Crippen molar-refractivity contribution in [2.45, 2.75) is 45.6 Å². The van der Waals surface area contributed by atoms with Crippen molar-refractivity contribution in [3.63, 3.8) is 0 Å². The van der Waals surface area contributed by atoms with Crippen molar-refractivity contribution in [1.82, 2.24) is 4.90 Å². The van der Waals surface area contributed by atoms with Crippen LogP contribution in [0.15, 0.2) is 18.2 Å². The third-order valence-electron chi connectivity index (χ3n) is 5.48. The number of carbonyl (C=O) groups is 3. The van der Waals surface area contributed by atoms with Gasteiger partial charge in [-0.25, -0.2) is 4.79 Å². The summed E-state index contributed by atoms with van der Waals surface area (Å²) in [4.78, 5) is 38.3. The molecule has 2 aliphatic rings. The van der Waals surface area contributed by atoms with Crippen LogP contribution >= 0.6 is 11.6 Å². The van der Waals surface area contributed by atoms with Crippen LogP contribution in [0.5, 0.6) is 0 Å². The van der Waals surface area contributed by atoms with Crippen molar-refractivity contribution in [2.24, 2.45) is 17.8 Å². The Bertz CT molecular complexity index is 764. The molecule has 0 bridgehead atoms. The predicted octanol–water partition coefficient (Wildman–Crippen LogP) is 3.65. The zero-order valence-electron chi connectivity index (χ0n) is 15.6. The summed E-state index contributed by atoms with van der Waals surface area (Å²) in [6.45, 7) is 4.35. The SMILES string of the molecule is CC(C)CC(=O)Nc1ccc(Cl)c(C(=O)N2CC3CCCC3C2C(=O)O)c1. The van der Waals surface area contributed by atoms with E-state index in [1.54, 1.807) is 12.1 Å². The highest BCUT2D eigenvalue weighted by Crippen LogP contribution is 2.43. The second-order valence-electron chi connectivity index (χ2n) is 7.94. The highest BCUT2D eigenvalue weighted by molar-refractivity contribution is 6.34. The minimum Gasteiger partial charge on any atom is -0.480 e. The van der Waals surface area contributed by atoms with Gasteiger partial charge in [0.15, 0.2) is 0 Å². The molecule has 2 N–H and O–H groups in total. The maximum Gasteiger partial charge on any atom is 0.326 e. The fourth-order valence-corrected chi connectivity index (χ4v) is 4.53. The van der Waals surface area contributed by atoms with Gasteiger partial charge >= 0.3 is 5.97 Å². The largest absolute Gasteiger partial charge is 0.480 e. The average Bonchev–Trinajstić information content (AvgIpc) is 3.15. The second-order valence-corrected chi connectivity index (χ2v) is 8.34. The number of carboxylic acids is 1. The number of hydrogen-bond donors (Lipinski definition) is 2. The van der Waals surface area contributed by atoms with Crippen LogP contribution in [0.2, 0.25) is 5.02 Å². The minimum absolute atomic E-state index is 0.0131. The molecule has 0 spiro atoms. The van der Waals surface area contributed by atoms with Crippen molar-refractivity contribution in [2.75, 3.05) is 11.9 Å². The number of rotatable bonds is 5. The molecule has 1 saturated carbocycles. The molecular weight excluding hydrogens is 368 g/mol. The highest BCUT2D eigenvalue weighted by atomic mass is 35.5. The Morgan fingerprint density at radius 1 is 1.30 bits per heavy atom. The zero-order valence-corrected chi connectivity index (χ0v) is 16.3. The average molecular weight is 393 g/mol. The quantitative estimate of drug-likeness (QED) is 0.800. The first-order chi connectivity index (χ1) is 12.8. The standard InChI is InChI=1S/C20H25ClN2O4/c1-11(2)8-17(24)22-13-6-7-16(21)15(9-13)19(25)23-10-12-4-3-5-14(12)18(23)20(26)27/h6-7,9,11-12,14,18H,3-5,8,10H2,1-2H3,(H,22,24)(H,26,27). The van der Waals surface area contributed by atoms with E-state index < -0.39 is 12.0 Å². The molecule has 1 saturated heterocycles. The molecule has 6 nitrogen and oxygen atoms in total. The van der Waals surface area contributed by atoms with Gasteiger partial charge in [-0.2, -0.15) is 0 Å². The molecule has 0 aromatic heterocycles. The van der Waals surface area contributed by atoms with Gasteiger partial charge in [0.2, 0.25) is 5.91 Å². The summed E-state index contributed by atoms with van der Waals surface area (Å²) in [5, 5.41) is 12.7. The molecule has 3 unspecified atom stereocenters. The number of fused-ring (bicyclic) bond motifs is 1. The molecule has 1 aromatic rings. The maximum absolute atomic E-state index is 13.1. The number of nitrogens with one attached hydrogen (secondary N) is 1. The van der Waals surface area contributed by atoms with Crippen molar-refractivity contribution < 1.29 is 19.5 Å². The fourth-order valence-electron chi connectivity index (χ4n) is 4.34. The first-order valence-corrected chi connectivity index (χ1v) is 9.79. The molecule has 1 aliphatic heterocycles. The molecule has 1 aliphatic carbocycles. The van der Waals surface area contributed by atoms with Crippen LogP contribution in [0.25, 0.3) is 0 Å². The van der Waals surface area contributed by atoms with Gasteiger partial charge in [0.1, 0.15) is 6.04 Å². The number of likely N-dealkylation sites (tertiary alicyclic amines) is 1. The summed E-state index contributed by atoms with van der Waals surface area (Å²) in [7, 11) is 0. The second kappa shape index (κ2) is 7.89. The Morgan fingerprint density at radius 3 is 2.70 bits per heavy atom. The van der Waals surface area contributed by atoms with Crippen LogP contribution in [0.1, 0.15) is 49.9 Å². The number of benzene rings is 1. The number of amides is 2. The van der Waals surface area contributed by atoms with E-state index in [2.05, 4.69) is 5.32 Å². The summed E-state index contributed by atoms with van der Waals surface area (Å²) in [6, 6.07) is 3.94. The number of nitrogens with zero attached hydrogens (tertiary/aromatic N) is 1. The number of aliphatic carboxylic acids is 1. The molecule has 3 atom stereocenters. The van der Waals surface area contributed by atoms with Crippen LogP contribution in [0, 0.1) is 17.8 Å². The van der Waals surface area contributed by atoms with Crippen LogP contribution in [-0.4, -0.2) is 40.4 Å². The predicted molar refractivity (Wildman–Crippen MR) is 103 cm³/mol. The van der Waals surface area contributed by atoms with E-state index in [-0.39, 0.29) is 40.2 Å². The smallest absolute Gasteiger partial charge is 0.326 e. The van der Waals surface area contributed by atoms with Crippen molar-refractivity contribution in [3.05, 3.63) is 28.8 Å². The number of carboxylic acid groups (broad SMARTS) is 1. The topological polar surface area (TPSA) is 86.7 Å². The van der Waals surface area contributed by atoms with Crippen LogP contribution < -0.4 is 5.32 Å². The monoisotopic (exact) mass is 392 g/mol. The Labute approximate surface area is 163 Å². The molecule has 2 fully saturated rings. The normalized spacial score (nSPS) is 24.1. The molecule has 2 amide bonds. The van der Waals surface area contributed by atoms with E-state index in [0.717, 1.165) is 19.3 Å². The van der Waals surface area contributed by atoms with E-state index in [1.165, 1.54) is 11.0 Å². The lowest BCUT2D eigenvalue weighted by Gasteiger charge is -2.25. The lowest BCUT2D eigenvalue weighted by atomic mass is 9.94. The Morgan fingerprint density at radius 2 is 2.04 bits per heavy atom. The number of halogens is 1. The zero-order chi connectivity index (χ0) is 19.7. The molecule has 27 heavy (non-hydrogen) atoms. The van der Waals surface area contributed by atoms with E-state index in [9.17, 15) is 19.5 Å². The molecule has 146 valence electrons. The molecule has 7 heteroatoms.